The first-order valence-electron chi connectivity index (χ1n) is 7.87. The van der Waals surface area contributed by atoms with Crippen molar-refractivity contribution >= 4 is 17.9 Å². The zero-order valence-electron chi connectivity index (χ0n) is 14.6. The van der Waals surface area contributed by atoms with Crippen LogP contribution in [0.2, 0.25) is 0 Å². The molecule has 1 aliphatic rings. The molecule has 1 fully saturated rings. The third-order valence-electron chi connectivity index (χ3n) is 3.47. The molecule has 0 unspecified atom stereocenters. The Kier molecular flexibility index (Phi) is 5.96. The molecule has 0 aliphatic carbocycles. The number of amides is 1. The topological polar surface area (TPSA) is 62.6 Å². The Hall–Kier alpha value is -2.08. The van der Waals surface area contributed by atoms with Gasteiger partial charge in [0.05, 0.1) is 12.2 Å². The fraction of sp³-hybridized carbons (Fsp3) is 0.529. The molecule has 1 aromatic carbocycles. The number of carbonyl (C=O) groups is 1. The molecular weight excluding hydrogens is 369 g/mol. The van der Waals surface area contributed by atoms with E-state index in [1.54, 1.807) is 26.2 Å². The van der Waals surface area contributed by atoms with E-state index in [0.29, 0.717) is 24.9 Å². The molecule has 1 saturated heterocycles. The number of ether oxygens (including phenoxy) is 2. The van der Waals surface area contributed by atoms with Gasteiger partial charge in [-0.25, -0.2) is 4.79 Å². The fourth-order valence-corrected chi connectivity index (χ4v) is 2.76. The summed E-state index contributed by atoms with van der Waals surface area (Å²) >= 11 is 0.639. The lowest BCUT2D eigenvalue weighted by molar-refractivity contribution is -0.137. The van der Waals surface area contributed by atoms with Gasteiger partial charge in [0.15, 0.2) is 0 Å². The van der Waals surface area contributed by atoms with E-state index < -0.39 is 23.4 Å². The van der Waals surface area contributed by atoms with E-state index in [1.165, 1.54) is 11.0 Å². The van der Waals surface area contributed by atoms with Gasteiger partial charge in [-0.05, 0) is 50.7 Å². The molecule has 5 nitrogen and oxygen atoms in total. The number of rotatable bonds is 4. The van der Waals surface area contributed by atoms with E-state index in [-0.39, 0.29) is 23.2 Å². The molecule has 9 heteroatoms. The van der Waals surface area contributed by atoms with Gasteiger partial charge in [0.2, 0.25) is 0 Å². The smallest absolute Gasteiger partial charge is 0.416 e. The Balaban J connectivity index is 1.92. The SMILES string of the molecule is CC(C)(C)OC(=O)N1CC(COc2cc(SC#N)cc(C(F)(F)F)c2)C1. The first-order valence-corrected chi connectivity index (χ1v) is 8.68. The Morgan fingerprint density at radius 3 is 2.50 bits per heavy atom. The predicted octanol–water partition coefficient (Wildman–Crippen LogP) is 4.52. The molecular formula is C17H19F3N2O3S. The molecule has 142 valence electrons. The Morgan fingerprint density at radius 2 is 1.96 bits per heavy atom. The number of hydrogen-bond acceptors (Lipinski definition) is 5. The van der Waals surface area contributed by atoms with Crippen molar-refractivity contribution in [1.29, 1.82) is 5.26 Å². The summed E-state index contributed by atoms with van der Waals surface area (Å²) in [5, 5.41) is 10.4. The molecule has 1 amide bonds. The highest BCUT2D eigenvalue weighted by molar-refractivity contribution is 8.03. The van der Waals surface area contributed by atoms with Gasteiger partial charge in [-0.3, -0.25) is 0 Å². The van der Waals surface area contributed by atoms with Gasteiger partial charge in [0.25, 0.3) is 0 Å². The van der Waals surface area contributed by atoms with Gasteiger partial charge < -0.3 is 14.4 Å². The largest absolute Gasteiger partial charge is 0.493 e. The van der Waals surface area contributed by atoms with Crippen molar-refractivity contribution in [3.05, 3.63) is 23.8 Å². The monoisotopic (exact) mass is 388 g/mol. The summed E-state index contributed by atoms with van der Waals surface area (Å²) in [7, 11) is 0. The summed E-state index contributed by atoms with van der Waals surface area (Å²) < 4.78 is 49.5. The maximum atomic E-state index is 12.9. The van der Waals surface area contributed by atoms with Crippen LogP contribution >= 0.6 is 11.8 Å². The zero-order valence-corrected chi connectivity index (χ0v) is 15.4. The van der Waals surface area contributed by atoms with Crippen molar-refractivity contribution < 1.29 is 27.4 Å². The highest BCUT2D eigenvalue weighted by Crippen LogP contribution is 2.35. The number of likely N-dealkylation sites (tertiary alicyclic amines) is 1. The Labute approximate surface area is 154 Å². The predicted molar refractivity (Wildman–Crippen MR) is 89.7 cm³/mol. The Bertz CT molecular complexity index is 705. The van der Waals surface area contributed by atoms with Crippen LogP contribution in [0.4, 0.5) is 18.0 Å². The van der Waals surface area contributed by atoms with E-state index in [1.807, 2.05) is 0 Å². The van der Waals surface area contributed by atoms with E-state index in [4.69, 9.17) is 14.7 Å². The van der Waals surface area contributed by atoms with Crippen LogP contribution in [-0.2, 0) is 10.9 Å². The first-order chi connectivity index (χ1) is 12.0. The third kappa shape index (κ3) is 5.73. The molecule has 0 N–H and O–H groups in total. The lowest BCUT2D eigenvalue weighted by Gasteiger charge is -2.39. The van der Waals surface area contributed by atoms with Crippen LogP contribution in [0.25, 0.3) is 0 Å². The van der Waals surface area contributed by atoms with Gasteiger partial charge in [-0.15, -0.1) is 0 Å². The van der Waals surface area contributed by atoms with Crippen LogP contribution in [0.15, 0.2) is 23.1 Å². The van der Waals surface area contributed by atoms with Crippen LogP contribution in [0, 0.1) is 16.6 Å². The minimum absolute atomic E-state index is 0.0177. The average Bonchev–Trinajstić information content (AvgIpc) is 2.42. The van der Waals surface area contributed by atoms with E-state index in [0.717, 1.165) is 12.1 Å². The maximum Gasteiger partial charge on any atom is 0.416 e. The fourth-order valence-electron chi connectivity index (χ4n) is 2.30. The molecule has 1 heterocycles. The zero-order chi connectivity index (χ0) is 19.5. The number of carbonyl (C=O) groups excluding carboxylic acids is 1. The normalized spacial score (nSPS) is 15.2. The lowest BCUT2D eigenvalue weighted by Crippen LogP contribution is -2.53. The number of nitriles is 1. The molecule has 2 rings (SSSR count). The van der Waals surface area contributed by atoms with Crippen LogP contribution in [-0.4, -0.2) is 36.3 Å². The maximum absolute atomic E-state index is 12.9. The molecule has 1 aliphatic heterocycles. The van der Waals surface area contributed by atoms with Crippen molar-refractivity contribution in [2.24, 2.45) is 5.92 Å². The van der Waals surface area contributed by atoms with Gasteiger partial charge in [0, 0.05) is 23.9 Å². The number of hydrogen-bond donors (Lipinski definition) is 0. The molecule has 1 aromatic rings. The van der Waals surface area contributed by atoms with E-state index >= 15 is 0 Å². The molecule has 0 aromatic heterocycles. The standard InChI is InChI=1S/C17H19F3N2O3S/c1-16(2,3)25-15(23)22-7-11(8-22)9-24-13-4-12(17(18,19)20)5-14(6-13)26-10-21/h4-6,11H,7-9H2,1-3H3. The number of benzene rings is 1. The number of thioether (sulfide) groups is 1. The number of halogens is 3. The molecule has 0 bridgehead atoms. The summed E-state index contributed by atoms with van der Waals surface area (Å²) in [6.45, 7) is 6.35. The molecule has 0 atom stereocenters. The molecule has 0 radical (unpaired) electrons. The average molecular weight is 388 g/mol. The Morgan fingerprint density at radius 1 is 1.31 bits per heavy atom. The number of thiocyanates is 1. The molecule has 0 saturated carbocycles. The number of alkyl halides is 3. The first kappa shape index (κ1) is 20.2. The third-order valence-corrected chi connectivity index (χ3v) is 4.03. The van der Waals surface area contributed by atoms with Crippen molar-refractivity contribution in [2.75, 3.05) is 19.7 Å². The summed E-state index contributed by atoms with van der Waals surface area (Å²) in [5.41, 5.74) is -1.44. The van der Waals surface area contributed by atoms with Gasteiger partial charge >= 0.3 is 12.3 Å². The summed E-state index contributed by atoms with van der Waals surface area (Å²) in [6.07, 6.45) is -4.94. The van der Waals surface area contributed by atoms with Crippen LogP contribution in [0.1, 0.15) is 26.3 Å². The lowest BCUT2D eigenvalue weighted by atomic mass is 10.0. The van der Waals surface area contributed by atoms with E-state index in [2.05, 4.69) is 0 Å². The van der Waals surface area contributed by atoms with Crippen molar-refractivity contribution in [3.63, 3.8) is 0 Å². The van der Waals surface area contributed by atoms with E-state index in [9.17, 15) is 18.0 Å². The van der Waals surface area contributed by atoms with Gasteiger partial charge in [-0.2, -0.15) is 18.4 Å². The van der Waals surface area contributed by atoms with Crippen LogP contribution in [0.5, 0.6) is 5.75 Å². The second-order valence-corrected chi connectivity index (χ2v) is 7.80. The summed E-state index contributed by atoms with van der Waals surface area (Å²) in [6, 6.07) is 3.22. The van der Waals surface area contributed by atoms with Gasteiger partial charge in [0.1, 0.15) is 16.8 Å². The van der Waals surface area contributed by atoms with Crippen LogP contribution in [0.3, 0.4) is 0 Å². The second-order valence-electron chi connectivity index (χ2n) is 6.95. The summed E-state index contributed by atoms with van der Waals surface area (Å²) in [5.74, 6) is 0.0671. The van der Waals surface area contributed by atoms with Crippen molar-refractivity contribution in [1.82, 2.24) is 4.90 Å². The van der Waals surface area contributed by atoms with Crippen molar-refractivity contribution in [2.45, 2.75) is 37.4 Å². The minimum Gasteiger partial charge on any atom is -0.493 e. The molecule has 0 spiro atoms. The minimum atomic E-state index is -4.52. The van der Waals surface area contributed by atoms with Gasteiger partial charge in [-0.1, -0.05) is 0 Å². The number of nitrogens with zero attached hydrogens (tertiary/aromatic N) is 2. The summed E-state index contributed by atoms with van der Waals surface area (Å²) in [4.78, 5) is 13.5. The van der Waals surface area contributed by atoms with Crippen LogP contribution < -0.4 is 4.74 Å². The quantitative estimate of drug-likeness (QED) is 0.560. The highest BCUT2D eigenvalue weighted by atomic mass is 32.2. The van der Waals surface area contributed by atoms with Crippen molar-refractivity contribution in [3.8, 4) is 11.2 Å². The highest BCUT2D eigenvalue weighted by Gasteiger charge is 2.35. The molecule has 26 heavy (non-hydrogen) atoms. The second kappa shape index (κ2) is 7.66.